The van der Waals surface area contributed by atoms with Gasteiger partial charge in [0.05, 0.1) is 0 Å². The van der Waals surface area contributed by atoms with Crippen LogP contribution in [0.3, 0.4) is 0 Å². The molecule has 2 aliphatic rings. The standard InChI is InChI=1S/C28H32N2O/c1-29-23-15-17-30(18-16-23)24-10-7-21(8-11-24)28-26(20-5-3-2-4-6-20)13-9-22-19-25(31)12-14-27(22)28/h2-8,10-12,14,19,23,26,28-29,31H,9,13,15-18H2,1H3. The van der Waals surface area contributed by atoms with E-state index in [4.69, 9.17) is 0 Å². The van der Waals surface area contributed by atoms with Gasteiger partial charge in [0, 0.05) is 30.7 Å². The maximum absolute atomic E-state index is 10.0. The monoisotopic (exact) mass is 412 g/mol. The first-order chi connectivity index (χ1) is 15.2. The van der Waals surface area contributed by atoms with Crippen molar-refractivity contribution in [1.82, 2.24) is 5.32 Å². The average molecular weight is 413 g/mol. The van der Waals surface area contributed by atoms with Crippen molar-refractivity contribution in [3.8, 4) is 5.75 Å². The van der Waals surface area contributed by atoms with Gasteiger partial charge < -0.3 is 15.3 Å². The number of hydrogen-bond acceptors (Lipinski definition) is 3. The van der Waals surface area contributed by atoms with E-state index in [1.165, 1.54) is 40.8 Å². The van der Waals surface area contributed by atoms with Gasteiger partial charge in [0.25, 0.3) is 0 Å². The highest BCUT2D eigenvalue weighted by Crippen LogP contribution is 2.47. The number of anilines is 1. The van der Waals surface area contributed by atoms with Crippen molar-refractivity contribution in [2.24, 2.45) is 0 Å². The van der Waals surface area contributed by atoms with Gasteiger partial charge in [0.2, 0.25) is 0 Å². The summed E-state index contributed by atoms with van der Waals surface area (Å²) in [5.74, 6) is 1.14. The molecule has 0 radical (unpaired) electrons. The van der Waals surface area contributed by atoms with Gasteiger partial charge in [-0.3, -0.25) is 0 Å². The molecule has 0 aromatic heterocycles. The predicted molar refractivity (Wildman–Crippen MR) is 128 cm³/mol. The first-order valence-corrected chi connectivity index (χ1v) is 11.6. The van der Waals surface area contributed by atoms with Gasteiger partial charge in [0.15, 0.2) is 0 Å². The van der Waals surface area contributed by atoms with Crippen LogP contribution in [-0.2, 0) is 6.42 Å². The maximum Gasteiger partial charge on any atom is 0.115 e. The Labute approximate surface area is 185 Å². The van der Waals surface area contributed by atoms with Crippen molar-refractivity contribution < 1.29 is 5.11 Å². The van der Waals surface area contributed by atoms with E-state index in [0.29, 0.717) is 23.6 Å². The van der Waals surface area contributed by atoms with E-state index in [9.17, 15) is 5.11 Å². The van der Waals surface area contributed by atoms with Crippen molar-refractivity contribution >= 4 is 5.69 Å². The molecule has 3 aromatic rings. The zero-order valence-electron chi connectivity index (χ0n) is 18.3. The first-order valence-electron chi connectivity index (χ1n) is 11.6. The number of nitrogens with zero attached hydrogens (tertiary/aromatic N) is 1. The maximum atomic E-state index is 10.0. The zero-order valence-corrected chi connectivity index (χ0v) is 18.3. The summed E-state index contributed by atoms with van der Waals surface area (Å²) in [6.45, 7) is 2.23. The average Bonchev–Trinajstić information content (AvgIpc) is 2.84. The molecule has 0 saturated carbocycles. The van der Waals surface area contributed by atoms with E-state index in [0.717, 1.165) is 25.9 Å². The SMILES string of the molecule is CNC1CCN(c2ccc(C3c4ccc(O)cc4CCC3c3ccccc3)cc2)CC1. The number of aryl methyl sites for hydroxylation is 1. The molecule has 1 saturated heterocycles. The molecule has 1 fully saturated rings. The van der Waals surface area contributed by atoms with Crippen LogP contribution in [0, 0.1) is 0 Å². The first kappa shape index (κ1) is 20.1. The molecule has 0 bridgehead atoms. The highest BCUT2D eigenvalue weighted by atomic mass is 16.3. The number of benzene rings is 3. The Bertz CT molecular complexity index is 1010. The summed E-state index contributed by atoms with van der Waals surface area (Å²) in [6.07, 6.45) is 4.52. The van der Waals surface area contributed by atoms with Crippen LogP contribution in [0.4, 0.5) is 5.69 Å². The third kappa shape index (κ3) is 4.07. The Hall–Kier alpha value is -2.78. The molecule has 5 rings (SSSR count). The van der Waals surface area contributed by atoms with Crippen molar-refractivity contribution in [3.63, 3.8) is 0 Å². The summed E-state index contributed by atoms with van der Waals surface area (Å²) in [5, 5.41) is 13.5. The number of rotatable bonds is 4. The second kappa shape index (κ2) is 8.76. The van der Waals surface area contributed by atoms with E-state index in [-0.39, 0.29) is 0 Å². The van der Waals surface area contributed by atoms with E-state index >= 15 is 0 Å². The number of nitrogens with one attached hydrogen (secondary N) is 1. The Morgan fingerprint density at radius 3 is 2.29 bits per heavy atom. The van der Waals surface area contributed by atoms with Gasteiger partial charge in [-0.2, -0.15) is 0 Å². The Morgan fingerprint density at radius 1 is 0.839 bits per heavy atom. The number of piperidine rings is 1. The quantitative estimate of drug-likeness (QED) is 0.599. The molecule has 2 unspecified atom stereocenters. The fourth-order valence-corrected chi connectivity index (χ4v) is 5.60. The number of aromatic hydroxyl groups is 1. The molecule has 0 amide bonds. The Balaban J connectivity index is 1.47. The second-order valence-corrected chi connectivity index (χ2v) is 9.06. The van der Waals surface area contributed by atoms with E-state index in [2.05, 4.69) is 77.9 Å². The Morgan fingerprint density at radius 2 is 1.58 bits per heavy atom. The van der Waals surface area contributed by atoms with Gasteiger partial charge in [-0.1, -0.05) is 48.5 Å². The van der Waals surface area contributed by atoms with E-state index in [1.54, 1.807) is 0 Å². The van der Waals surface area contributed by atoms with Gasteiger partial charge in [-0.05, 0) is 85.2 Å². The number of phenolic OH excluding ortho intramolecular Hbond substituents is 1. The van der Waals surface area contributed by atoms with Crippen LogP contribution in [-0.4, -0.2) is 31.3 Å². The summed E-state index contributed by atoms with van der Waals surface area (Å²) >= 11 is 0. The predicted octanol–water partition coefficient (Wildman–Crippen LogP) is 5.44. The van der Waals surface area contributed by atoms with Crippen molar-refractivity contribution in [2.75, 3.05) is 25.0 Å². The third-order valence-electron chi connectivity index (χ3n) is 7.34. The smallest absolute Gasteiger partial charge is 0.115 e. The third-order valence-corrected chi connectivity index (χ3v) is 7.34. The van der Waals surface area contributed by atoms with Crippen LogP contribution in [0.1, 0.15) is 53.4 Å². The molecular weight excluding hydrogens is 380 g/mol. The highest BCUT2D eigenvalue weighted by molar-refractivity contribution is 5.52. The normalized spacial score (nSPS) is 21.6. The van der Waals surface area contributed by atoms with Gasteiger partial charge in [-0.15, -0.1) is 0 Å². The lowest BCUT2D eigenvalue weighted by Gasteiger charge is -2.36. The minimum absolute atomic E-state index is 0.316. The summed E-state index contributed by atoms with van der Waals surface area (Å²) in [7, 11) is 2.07. The minimum atomic E-state index is 0.316. The fourth-order valence-electron chi connectivity index (χ4n) is 5.60. The molecule has 2 N–H and O–H groups in total. The molecule has 31 heavy (non-hydrogen) atoms. The lowest BCUT2D eigenvalue weighted by atomic mass is 9.69. The van der Waals surface area contributed by atoms with Gasteiger partial charge >= 0.3 is 0 Å². The Kier molecular flexibility index (Phi) is 5.69. The summed E-state index contributed by atoms with van der Waals surface area (Å²) < 4.78 is 0. The largest absolute Gasteiger partial charge is 0.508 e. The second-order valence-electron chi connectivity index (χ2n) is 9.06. The van der Waals surface area contributed by atoms with Crippen molar-refractivity contribution in [2.45, 2.75) is 43.6 Å². The van der Waals surface area contributed by atoms with Gasteiger partial charge in [0.1, 0.15) is 5.75 Å². The fraction of sp³-hybridized carbons (Fsp3) is 0.357. The van der Waals surface area contributed by atoms with E-state index < -0.39 is 0 Å². The molecule has 3 aromatic carbocycles. The van der Waals surface area contributed by atoms with E-state index in [1.807, 2.05) is 12.1 Å². The molecule has 160 valence electrons. The van der Waals surface area contributed by atoms with Crippen molar-refractivity contribution in [3.05, 3.63) is 95.1 Å². The van der Waals surface area contributed by atoms with Crippen LogP contribution in [0.15, 0.2) is 72.8 Å². The molecule has 3 nitrogen and oxygen atoms in total. The van der Waals surface area contributed by atoms with Crippen LogP contribution < -0.4 is 10.2 Å². The lowest BCUT2D eigenvalue weighted by Crippen LogP contribution is -2.41. The number of phenols is 1. The highest BCUT2D eigenvalue weighted by Gasteiger charge is 2.32. The summed E-state index contributed by atoms with van der Waals surface area (Å²) in [6, 6.07) is 26.8. The van der Waals surface area contributed by atoms with Crippen LogP contribution in [0.5, 0.6) is 5.75 Å². The minimum Gasteiger partial charge on any atom is -0.508 e. The molecule has 1 aliphatic heterocycles. The summed E-state index contributed by atoms with van der Waals surface area (Å²) in [4.78, 5) is 2.51. The molecule has 1 heterocycles. The summed E-state index contributed by atoms with van der Waals surface area (Å²) in [5.41, 5.74) is 6.76. The number of fused-ring (bicyclic) bond motifs is 1. The van der Waals surface area contributed by atoms with Crippen LogP contribution >= 0.6 is 0 Å². The van der Waals surface area contributed by atoms with Gasteiger partial charge in [-0.25, -0.2) is 0 Å². The molecule has 0 spiro atoms. The molecule has 2 atom stereocenters. The zero-order chi connectivity index (χ0) is 21.2. The lowest BCUT2D eigenvalue weighted by molar-refractivity contribution is 0.442. The molecular formula is C28H32N2O. The topological polar surface area (TPSA) is 35.5 Å². The molecule has 1 aliphatic carbocycles. The van der Waals surface area contributed by atoms with Crippen LogP contribution in [0.2, 0.25) is 0 Å². The molecule has 3 heteroatoms. The van der Waals surface area contributed by atoms with Crippen molar-refractivity contribution in [1.29, 1.82) is 0 Å². The number of hydrogen-bond donors (Lipinski definition) is 2. The van der Waals surface area contributed by atoms with Crippen LogP contribution in [0.25, 0.3) is 0 Å².